The lowest BCUT2D eigenvalue weighted by Gasteiger charge is -2.15. The van der Waals surface area contributed by atoms with Gasteiger partial charge in [0.1, 0.15) is 6.26 Å². The molecule has 3 rings (SSSR count). The first kappa shape index (κ1) is 21.0. The van der Waals surface area contributed by atoms with Gasteiger partial charge in [0.15, 0.2) is 0 Å². The van der Waals surface area contributed by atoms with Gasteiger partial charge in [-0.3, -0.25) is 9.54 Å². The molecule has 25 heavy (non-hydrogen) atoms. The van der Waals surface area contributed by atoms with E-state index in [-0.39, 0.29) is 10.5 Å². The normalized spacial score (nSPS) is 15.4. The molecule has 0 saturated heterocycles. The number of benzene rings is 1. The summed E-state index contributed by atoms with van der Waals surface area (Å²) in [4.78, 5) is 5.74. The molecule has 6 nitrogen and oxygen atoms in total. The van der Waals surface area contributed by atoms with E-state index in [2.05, 4.69) is 4.98 Å². The molecule has 0 saturated carbocycles. The molecular formula is C17H22N2O4S2. The number of aryl methyl sites for hydroxylation is 1. The molecule has 2 heterocycles. The number of thioether (sulfide) groups is 1. The standard InChI is InChI=1S/C7H8O3S.C5H9NOS.C5H5N/c1-6-2-4-7(5-3-6)11(8,9)10;1-6-3-4-7-5(6)8-2;1-2-4-6-5-3-1/h2-5H,1H3,(H,8,9,10);3-5H,1-2H3;1-5H. The second-order valence-corrected chi connectivity index (χ2v) is 7.24. The van der Waals surface area contributed by atoms with Gasteiger partial charge in [0.25, 0.3) is 10.1 Å². The summed E-state index contributed by atoms with van der Waals surface area (Å²) in [7, 11) is -2.03. The number of pyridine rings is 1. The molecule has 1 unspecified atom stereocenters. The highest BCUT2D eigenvalue weighted by Gasteiger charge is 2.13. The van der Waals surface area contributed by atoms with Gasteiger partial charge < -0.3 is 9.64 Å². The lowest BCUT2D eigenvalue weighted by atomic mass is 10.2. The Balaban J connectivity index is 0.000000197. The molecule has 0 aliphatic carbocycles. The first-order valence-electron chi connectivity index (χ1n) is 7.30. The molecule has 0 amide bonds. The fraction of sp³-hybridized carbons (Fsp3) is 0.235. The average Bonchev–Trinajstić information content (AvgIpc) is 3.02. The molecule has 1 aromatic carbocycles. The topological polar surface area (TPSA) is 79.7 Å². The molecule has 1 aromatic heterocycles. The highest BCUT2D eigenvalue weighted by atomic mass is 32.2. The smallest absolute Gasteiger partial charge is 0.294 e. The lowest BCUT2D eigenvalue weighted by Crippen LogP contribution is -2.19. The summed E-state index contributed by atoms with van der Waals surface area (Å²) in [5.74, 6) is 0. The molecule has 1 aliphatic heterocycles. The van der Waals surface area contributed by atoms with Gasteiger partial charge in [-0.05, 0) is 37.4 Å². The molecule has 0 fully saturated rings. The van der Waals surface area contributed by atoms with Crippen LogP contribution in [-0.2, 0) is 14.9 Å². The van der Waals surface area contributed by atoms with E-state index in [4.69, 9.17) is 9.29 Å². The molecule has 8 heteroatoms. The summed E-state index contributed by atoms with van der Waals surface area (Å²) in [5, 5.41) is 0. The highest BCUT2D eigenvalue weighted by molar-refractivity contribution is 7.99. The van der Waals surface area contributed by atoms with Crippen LogP contribution in [0.15, 0.2) is 72.2 Å². The van der Waals surface area contributed by atoms with E-state index in [9.17, 15) is 8.42 Å². The van der Waals surface area contributed by atoms with Crippen molar-refractivity contribution in [2.75, 3.05) is 13.3 Å². The Morgan fingerprint density at radius 2 is 1.76 bits per heavy atom. The second-order valence-electron chi connectivity index (χ2n) is 4.94. The quantitative estimate of drug-likeness (QED) is 0.798. The van der Waals surface area contributed by atoms with Crippen molar-refractivity contribution in [3.63, 3.8) is 0 Å². The van der Waals surface area contributed by atoms with Gasteiger partial charge in [-0.15, -0.1) is 0 Å². The van der Waals surface area contributed by atoms with Gasteiger partial charge in [-0.25, -0.2) is 0 Å². The van der Waals surface area contributed by atoms with Crippen molar-refractivity contribution in [1.29, 1.82) is 0 Å². The number of nitrogens with zero attached hydrogens (tertiary/aromatic N) is 2. The van der Waals surface area contributed by atoms with Gasteiger partial charge in [-0.2, -0.15) is 8.42 Å². The zero-order chi connectivity index (χ0) is 18.7. The van der Waals surface area contributed by atoms with E-state index in [1.165, 1.54) is 12.1 Å². The van der Waals surface area contributed by atoms with Crippen LogP contribution in [0, 0.1) is 6.92 Å². The summed E-state index contributed by atoms with van der Waals surface area (Å²) >= 11 is 1.68. The van der Waals surface area contributed by atoms with Crippen molar-refractivity contribution in [2.45, 2.75) is 17.4 Å². The average molecular weight is 383 g/mol. The molecule has 1 N–H and O–H groups in total. The number of aromatic nitrogens is 1. The maximum Gasteiger partial charge on any atom is 0.294 e. The van der Waals surface area contributed by atoms with Crippen molar-refractivity contribution >= 4 is 21.9 Å². The van der Waals surface area contributed by atoms with Gasteiger partial charge in [-0.1, -0.05) is 35.5 Å². The van der Waals surface area contributed by atoms with Crippen LogP contribution in [0.2, 0.25) is 0 Å². The van der Waals surface area contributed by atoms with E-state index in [0.29, 0.717) is 0 Å². The lowest BCUT2D eigenvalue weighted by molar-refractivity contribution is 0.156. The van der Waals surface area contributed by atoms with Crippen LogP contribution in [0.3, 0.4) is 0 Å². The monoisotopic (exact) mass is 382 g/mol. The molecule has 1 aliphatic rings. The third-order valence-electron chi connectivity index (χ3n) is 2.91. The van der Waals surface area contributed by atoms with Gasteiger partial charge in [0.05, 0.1) is 4.90 Å². The molecule has 1 atom stereocenters. The molecular weight excluding hydrogens is 360 g/mol. The Bertz CT molecular complexity index is 708. The first-order valence-corrected chi connectivity index (χ1v) is 10.0. The first-order chi connectivity index (χ1) is 11.8. The zero-order valence-electron chi connectivity index (χ0n) is 14.3. The SMILES string of the molecule is CSC1OC=CN1C.Cc1ccc(S(=O)(=O)O)cc1.c1ccncc1. The molecule has 2 aromatic rings. The summed E-state index contributed by atoms with van der Waals surface area (Å²) < 4.78 is 34.7. The van der Waals surface area contributed by atoms with E-state index in [1.54, 1.807) is 42.6 Å². The number of rotatable bonds is 2. The Kier molecular flexibility index (Phi) is 9.04. The highest BCUT2D eigenvalue weighted by Crippen LogP contribution is 2.17. The van der Waals surface area contributed by atoms with Crippen molar-refractivity contribution in [3.8, 4) is 0 Å². The minimum atomic E-state index is -4.02. The van der Waals surface area contributed by atoms with E-state index >= 15 is 0 Å². The van der Waals surface area contributed by atoms with Crippen molar-refractivity contribution in [2.24, 2.45) is 0 Å². The van der Waals surface area contributed by atoms with E-state index in [0.717, 1.165) is 5.56 Å². The number of hydrogen-bond donors (Lipinski definition) is 1. The minimum absolute atomic E-state index is 0.0666. The zero-order valence-corrected chi connectivity index (χ0v) is 15.9. The van der Waals surface area contributed by atoms with Crippen molar-refractivity contribution in [3.05, 3.63) is 72.9 Å². The largest absolute Gasteiger partial charge is 0.467 e. The minimum Gasteiger partial charge on any atom is -0.467 e. The molecule has 0 radical (unpaired) electrons. The van der Waals surface area contributed by atoms with Crippen LogP contribution in [0.1, 0.15) is 5.56 Å². The van der Waals surface area contributed by atoms with Crippen LogP contribution in [0.25, 0.3) is 0 Å². The van der Waals surface area contributed by atoms with Crippen LogP contribution in [0.5, 0.6) is 0 Å². The third kappa shape index (κ3) is 8.57. The predicted octanol–water partition coefficient (Wildman–Crippen LogP) is 3.39. The molecule has 0 bridgehead atoms. The number of hydrogen-bond acceptors (Lipinski definition) is 6. The van der Waals surface area contributed by atoms with Crippen LogP contribution in [-0.4, -0.2) is 41.7 Å². The Hall–Kier alpha value is -2.03. The number of ether oxygens (including phenoxy) is 1. The van der Waals surface area contributed by atoms with E-state index in [1.807, 2.05) is 49.5 Å². The van der Waals surface area contributed by atoms with Crippen LogP contribution < -0.4 is 0 Å². The fourth-order valence-electron chi connectivity index (χ4n) is 1.61. The molecule has 136 valence electrons. The van der Waals surface area contributed by atoms with Crippen molar-refractivity contribution < 1.29 is 17.7 Å². The summed E-state index contributed by atoms with van der Waals surface area (Å²) in [6, 6.07) is 11.7. The van der Waals surface area contributed by atoms with Gasteiger partial charge in [0.2, 0.25) is 5.56 Å². The predicted molar refractivity (Wildman–Crippen MR) is 101 cm³/mol. The Morgan fingerprint density at radius 3 is 2.04 bits per heavy atom. The molecule has 0 spiro atoms. The second kappa shape index (κ2) is 10.8. The fourth-order valence-corrected chi connectivity index (χ4v) is 2.67. The third-order valence-corrected chi connectivity index (χ3v) is 4.63. The maximum absolute atomic E-state index is 10.5. The maximum atomic E-state index is 10.5. The summed E-state index contributed by atoms with van der Waals surface area (Å²) in [6.45, 7) is 1.84. The Morgan fingerprint density at radius 1 is 1.16 bits per heavy atom. The Labute approximate surface area is 153 Å². The summed E-state index contributed by atoms with van der Waals surface area (Å²) in [5.41, 5.74) is 1.16. The van der Waals surface area contributed by atoms with Crippen molar-refractivity contribution in [1.82, 2.24) is 9.88 Å². The van der Waals surface area contributed by atoms with Gasteiger partial charge >= 0.3 is 0 Å². The van der Waals surface area contributed by atoms with Crippen LogP contribution >= 0.6 is 11.8 Å². The van der Waals surface area contributed by atoms with E-state index < -0.39 is 10.1 Å². The summed E-state index contributed by atoms with van der Waals surface area (Å²) in [6.07, 6.45) is 9.15. The van der Waals surface area contributed by atoms with Crippen LogP contribution in [0.4, 0.5) is 0 Å². The van der Waals surface area contributed by atoms with Gasteiger partial charge in [0, 0.05) is 25.6 Å².